The maximum Gasteiger partial charge on any atom is 0.236 e. The third-order valence-corrected chi connectivity index (χ3v) is 2.93. The minimum atomic E-state index is -0.365. The smallest absolute Gasteiger partial charge is 0.236 e. The molecule has 0 aromatic carbocycles. The van der Waals surface area contributed by atoms with E-state index in [1.165, 1.54) is 11.8 Å². The van der Waals surface area contributed by atoms with E-state index < -0.39 is 0 Å². The van der Waals surface area contributed by atoms with Gasteiger partial charge in [-0.2, -0.15) is 0 Å². The summed E-state index contributed by atoms with van der Waals surface area (Å²) in [5, 5.41) is 3.66. The van der Waals surface area contributed by atoms with Crippen LogP contribution in [0.1, 0.15) is 13.8 Å². The Morgan fingerprint density at radius 2 is 2.21 bits per heavy atom. The van der Waals surface area contributed by atoms with Gasteiger partial charge in [0.05, 0.1) is 6.54 Å². The Morgan fingerprint density at radius 3 is 2.68 bits per heavy atom. The zero-order valence-corrected chi connectivity index (χ0v) is 12.6. The Hall–Kier alpha value is -1.50. The number of rotatable bonds is 7. The van der Waals surface area contributed by atoms with E-state index >= 15 is 0 Å². The lowest BCUT2D eigenvalue weighted by molar-refractivity contribution is -0.116. The van der Waals surface area contributed by atoms with Crippen LogP contribution in [0.4, 0.5) is 11.6 Å². The predicted octanol–water partition coefficient (Wildman–Crippen LogP) is 1.19. The van der Waals surface area contributed by atoms with Crippen LogP contribution in [-0.2, 0) is 4.79 Å². The van der Waals surface area contributed by atoms with E-state index in [9.17, 15) is 4.79 Å². The molecule has 0 aliphatic carbocycles. The number of nitrogens with one attached hydrogen (secondary N) is 1. The first-order chi connectivity index (χ1) is 8.96. The number of hydrogen-bond donors (Lipinski definition) is 2. The van der Waals surface area contributed by atoms with Crippen LogP contribution in [0.2, 0.25) is 0 Å². The Kier molecular flexibility index (Phi) is 5.88. The zero-order chi connectivity index (χ0) is 14.4. The molecular weight excluding hydrogens is 262 g/mol. The van der Waals surface area contributed by atoms with Gasteiger partial charge in [-0.05, 0) is 12.2 Å². The second-order valence-corrected chi connectivity index (χ2v) is 5.36. The maximum absolute atomic E-state index is 11.2. The fraction of sp³-hybridized carbons (Fsp3) is 0.583. The molecule has 0 spiro atoms. The van der Waals surface area contributed by atoms with E-state index in [0.29, 0.717) is 11.1 Å². The number of nitrogens with zero attached hydrogens (tertiary/aromatic N) is 3. The minimum absolute atomic E-state index is 0.159. The molecule has 1 rings (SSSR count). The van der Waals surface area contributed by atoms with Crippen LogP contribution in [0.5, 0.6) is 0 Å². The maximum atomic E-state index is 11.2. The monoisotopic (exact) mass is 283 g/mol. The summed E-state index contributed by atoms with van der Waals surface area (Å²) in [5.74, 6) is 1.49. The highest BCUT2D eigenvalue weighted by Gasteiger charge is 2.14. The lowest BCUT2D eigenvalue weighted by Gasteiger charge is -2.24. The molecule has 7 heteroatoms. The van der Waals surface area contributed by atoms with Crippen molar-refractivity contribution < 1.29 is 4.79 Å². The van der Waals surface area contributed by atoms with Crippen molar-refractivity contribution in [2.75, 3.05) is 36.6 Å². The van der Waals surface area contributed by atoms with Crippen molar-refractivity contribution in [2.45, 2.75) is 19.0 Å². The second kappa shape index (κ2) is 7.18. The third kappa shape index (κ3) is 4.94. The summed E-state index contributed by atoms with van der Waals surface area (Å²) in [6.45, 7) is 5.05. The van der Waals surface area contributed by atoms with Crippen molar-refractivity contribution in [3.8, 4) is 0 Å². The predicted molar refractivity (Wildman–Crippen MR) is 79.6 cm³/mol. The van der Waals surface area contributed by atoms with Gasteiger partial charge in [0.1, 0.15) is 11.6 Å². The summed E-state index contributed by atoms with van der Waals surface area (Å²) in [4.78, 5) is 21.8. The first-order valence-corrected chi connectivity index (χ1v) is 7.32. The Balaban J connectivity index is 3.08. The van der Waals surface area contributed by atoms with Gasteiger partial charge in [0.2, 0.25) is 5.91 Å². The highest BCUT2D eigenvalue weighted by Crippen LogP contribution is 2.20. The van der Waals surface area contributed by atoms with Gasteiger partial charge in [-0.3, -0.25) is 4.79 Å². The van der Waals surface area contributed by atoms with Crippen LogP contribution in [0.15, 0.2) is 11.2 Å². The van der Waals surface area contributed by atoms with Gasteiger partial charge in [0.25, 0.3) is 0 Å². The Morgan fingerprint density at radius 1 is 1.53 bits per heavy atom. The highest BCUT2D eigenvalue weighted by atomic mass is 32.2. The van der Waals surface area contributed by atoms with Crippen molar-refractivity contribution in [1.29, 1.82) is 0 Å². The topological polar surface area (TPSA) is 84.1 Å². The Bertz CT molecular complexity index is 416. The molecule has 0 radical (unpaired) electrons. The number of carbonyl (C=O) groups is 1. The number of aromatic nitrogens is 2. The molecule has 0 aliphatic rings. The molecule has 0 bridgehead atoms. The summed E-state index contributed by atoms with van der Waals surface area (Å²) in [7, 11) is 1.80. The molecular formula is C12H21N5OS. The van der Waals surface area contributed by atoms with Crippen molar-refractivity contribution in [1.82, 2.24) is 9.97 Å². The fourth-order valence-corrected chi connectivity index (χ4v) is 2.04. The molecule has 106 valence electrons. The molecule has 0 atom stereocenters. The molecule has 0 saturated heterocycles. The summed E-state index contributed by atoms with van der Waals surface area (Å²) in [6, 6.07) is 1.82. The number of carbonyl (C=O) groups excluding carboxylic acids is 1. The number of hydrogen-bond acceptors (Lipinski definition) is 6. The van der Waals surface area contributed by atoms with E-state index in [1.54, 1.807) is 7.05 Å². The van der Waals surface area contributed by atoms with Gasteiger partial charge in [-0.1, -0.05) is 25.6 Å². The lowest BCUT2D eigenvalue weighted by Crippen LogP contribution is -2.37. The second-order valence-electron chi connectivity index (χ2n) is 4.59. The average molecular weight is 283 g/mol. The SMILES string of the molecule is CNc1cc(N(CC(N)=O)CC(C)C)nc(SC)n1. The van der Waals surface area contributed by atoms with E-state index in [4.69, 9.17) is 5.73 Å². The molecule has 0 unspecified atom stereocenters. The van der Waals surface area contributed by atoms with Crippen molar-refractivity contribution in [2.24, 2.45) is 11.7 Å². The number of nitrogens with two attached hydrogens (primary N) is 1. The molecule has 0 fully saturated rings. The van der Waals surface area contributed by atoms with Crippen LogP contribution in [0, 0.1) is 5.92 Å². The van der Waals surface area contributed by atoms with Crippen LogP contribution >= 0.6 is 11.8 Å². The minimum Gasteiger partial charge on any atom is -0.373 e. The van der Waals surface area contributed by atoms with E-state index in [-0.39, 0.29) is 12.5 Å². The van der Waals surface area contributed by atoms with Crippen molar-refractivity contribution >= 4 is 29.3 Å². The number of thioether (sulfide) groups is 1. The molecule has 0 aliphatic heterocycles. The molecule has 1 heterocycles. The molecule has 1 aromatic heterocycles. The summed E-state index contributed by atoms with van der Waals surface area (Å²) < 4.78 is 0. The molecule has 0 saturated carbocycles. The summed E-state index contributed by atoms with van der Waals surface area (Å²) in [5.41, 5.74) is 5.30. The van der Waals surface area contributed by atoms with E-state index in [1.807, 2.05) is 17.2 Å². The lowest BCUT2D eigenvalue weighted by atomic mass is 10.2. The van der Waals surface area contributed by atoms with Gasteiger partial charge in [0.15, 0.2) is 5.16 Å². The first kappa shape index (κ1) is 15.6. The zero-order valence-electron chi connectivity index (χ0n) is 11.8. The number of primary amides is 1. The van der Waals surface area contributed by atoms with Crippen molar-refractivity contribution in [3.05, 3.63) is 6.07 Å². The normalized spacial score (nSPS) is 10.6. The first-order valence-electron chi connectivity index (χ1n) is 6.10. The van der Waals surface area contributed by atoms with E-state index in [0.717, 1.165) is 18.2 Å². The van der Waals surface area contributed by atoms with Gasteiger partial charge in [0, 0.05) is 19.7 Å². The number of amides is 1. The standard InChI is InChI=1S/C12H21N5OS/c1-8(2)6-17(7-9(13)18)11-5-10(14-3)15-12(16-11)19-4/h5,8H,6-7H2,1-4H3,(H2,13,18)(H,14,15,16). The van der Waals surface area contributed by atoms with Crippen LogP contribution < -0.4 is 16.0 Å². The summed E-state index contributed by atoms with van der Waals surface area (Å²) in [6.07, 6.45) is 1.92. The average Bonchev–Trinajstić information content (AvgIpc) is 2.36. The molecule has 1 amide bonds. The molecule has 1 aromatic rings. The van der Waals surface area contributed by atoms with E-state index in [2.05, 4.69) is 29.1 Å². The summed E-state index contributed by atoms with van der Waals surface area (Å²) >= 11 is 1.46. The third-order valence-electron chi connectivity index (χ3n) is 2.39. The Labute approximate surface area is 118 Å². The van der Waals surface area contributed by atoms with Crippen LogP contribution in [0.3, 0.4) is 0 Å². The molecule has 3 N–H and O–H groups in total. The molecule has 6 nitrogen and oxygen atoms in total. The van der Waals surface area contributed by atoms with Crippen LogP contribution in [0.25, 0.3) is 0 Å². The van der Waals surface area contributed by atoms with Gasteiger partial charge in [-0.15, -0.1) is 0 Å². The number of anilines is 2. The molecule has 19 heavy (non-hydrogen) atoms. The van der Waals surface area contributed by atoms with Crippen molar-refractivity contribution in [3.63, 3.8) is 0 Å². The van der Waals surface area contributed by atoms with Gasteiger partial charge < -0.3 is 16.0 Å². The highest BCUT2D eigenvalue weighted by molar-refractivity contribution is 7.98. The largest absolute Gasteiger partial charge is 0.373 e. The quantitative estimate of drug-likeness (QED) is 0.577. The van der Waals surface area contributed by atoms with Crippen LogP contribution in [-0.4, -0.2) is 42.3 Å². The fourth-order valence-electron chi connectivity index (χ4n) is 1.66. The van der Waals surface area contributed by atoms with Gasteiger partial charge in [-0.25, -0.2) is 9.97 Å². The van der Waals surface area contributed by atoms with Gasteiger partial charge >= 0.3 is 0 Å².